The molecule has 0 amide bonds. The van der Waals surface area contributed by atoms with E-state index in [0.29, 0.717) is 16.8 Å². The minimum absolute atomic E-state index is 0.167. The summed E-state index contributed by atoms with van der Waals surface area (Å²) in [4.78, 5) is 21.6. The molecule has 4 aromatic rings. The van der Waals surface area contributed by atoms with E-state index < -0.39 is 0 Å². The van der Waals surface area contributed by atoms with E-state index in [0.717, 1.165) is 34.5 Å². The van der Waals surface area contributed by atoms with Crippen LogP contribution in [0.25, 0.3) is 16.6 Å². The minimum atomic E-state index is -0.167. The Morgan fingerprint density at radius 1 is 1.06 bits per heavy atom. The molecule has 0 spiro atoms. The molecule has 1 aromatic carbocycles. The van der Waals surface area contributed by atoms with Crippen LogP contribution in [-0.4, -0.2) is 20.6 Å². The quantitative estimate of drug-likeness (QED) is 0.472. The van der Waals surface area contributed by atoms with Crippen molar-refractivity contribution >= 4 is 22.5 Å². The second-order valence-corrected chi connectivity index (χ2v) is 8.10. The number of pyridine rings is 3. The first kappa shape index (κ1) is 19.7. The summed E-state index contributed by atoms with van der Waals surface area (Å²) in [6.07, 6.45) is 5.80. The standard InChI is InChI=1S/C24H21ClN4O2/c25-17-2-4-20(26-13-17)15-31-22-9-10-29(24(30)12-22)21-7-8-23-16(11-21)1-3-19(28-23)14-27-18-5-6-18/h1-4,7-13,18,27H,5-6,14-15H2. The van der Waals surface area contributed by atoms with Crippen molar-refractivity contribution in [1.82, 2.24) is 19.9 Å². The topological polar surface area (TPSA) is 69.0 Å². The molecule has 5 rings (SSSR count). The Balaban J connectivity index is 1.32. The van der Waals surface area contributed by atoms with E-state index in [9.17, 15) is 4.79 Å². The second-order valence-electron chi connectivity index (χ2n) is 7.66. The van der Waals surface area contributed by atoms with Gasteiger partial charge in [-0.25, -0.2) is 0 Å². The van der Waals surface area contributed by atoms with Crippen molar-refractivity contribution in [1.29, 1.82) is 0 Å². The molecule has 0 radical (unpaired) electrons. The highest BCUT2D eigenvalue weighted by Crippen LogP contribution is 2.21. The SMILES string of the molecule is O=c1cc(OCc2ccc(Cl)cn2)ccn1-c1ccc2nc(CNC3CC3)ccc2c1. The third kappa shape index (κ3) is 4.76. The van der Waals surface area contributed by atoms with E-state index >= 15 is 0 Å². The number of hydrogen-bond donors (Lipinski definition) is 1. The summed E-state index contributed by atoms with van der Waals surface area (Å²) in [7, 11) is 0. The van der Waals surface area contributed by atoms with Gasteiger partial charge in [0.25, 0.3) is 5.56 Å². The maximum atomic E-state index is 12.7. The van der Waals surface area contributed by atoms with Crippen LogP contribution >= 0.6 is 11.6 Å². The Morgan fingerprint density at radius 2 is 1.94 bits per heavy atom. The Bertz CT molecular complexity index is 1280. The van der Waals surface area contributed by atoms with E-state index in [1.54, 1.807) is 35.2 Å². The smallest absolute Gasteiger partial charge is 0.258 e. The Kier molecular flexibility index (Phi) is 5.40. The van der Waals surface area contributed by atoms with Gasteiger partial charge in [-0.2, -0.15) is 0 Å². The predicted octanol–water partition coefficient (Wildman–Crippen LogP) is 4.27. The minimum Gasteiger partial charge on any atom is -0.487 e. The first-order chi connectivity index (χ1) is 15.1. The highest BCUT2D eigenvalue weighted by molar-refractivity contribution is 6.30. The molecule has 0 saturated heterocycles. The van der Waals surface area contributed by atoms with Gasteiger partial charge in [0.1, 0.15) is 12.4 Å². The highest BCUT2D eigenvalue weighted by Gasteiger charge is 2.20. The molecular formula is C24H21ClN4O2. The first-order valence-corrected chi connectivity index (χ1v) is 10.6. The van der Waals surface area contributed by atoms with E-state index in [4.69, 9.17) is 21.3 Å². The van der Waals surface area contributed by atoms with Crippen LogP contribution in [0, 0.1) is 0 Å². The molecule has 6 nitrogen and oxygen atoms in total. The lowest BCUT2D eigenvalue weighted by molar-refractivity contribution is 0.300. The second kappa shape index (κ2) is 8.49. The Labute approximate surface area is 184 Å². The molecule has 1 saturated carbocycles. The summed E-state index contributed by atoms with van der Waals surface area (Å²) in [5, 5.41) is 5.05. The first-order valence-electron chi connectivity index (χ1n) is 10.2. The van der Waals surface area contributed by atoms with Crippen molar-refractivity contribution in [2.24, 2.45) is 0 Å². The number of rotatable bonds is 7. The average molecular weight is 433 g/mol. The largest absolute Gasteiger partial charge is 0.487 e. The maximum absolute atomic E-state index is 12.7. The van der Waals surface area contributed by atoms with Gasteiger partial charge in [-0.1, -0.05) is 17.7 Å². The van der Waals surface area contributed by atoms with E-state index in [1.165, 1.54) is 18.9 Å². The zero-order chi connectivity index (χ0) is 21.2. The van der Waals surface area contributed by atoms with Crippen molar-refractivity contribution in [2.45, 2.75) is 32.0 Å². The van der Waals surface area contributed by atoms with Gasteiger partial charge in [0.05, 0.1) is 21.9 Å². The number of halogens is 1. The average Bonchev–Trinajstić information content (AvgIpc) is 3.62. The van der Waals surface area contributed by atoms with Gasteiger partial charge in [0, 0.05) is 42.1 Å². The highest BCUT2D eigenvalue weighted by atomic mass is 35.5. The van der Waals surface area contributed by atoms with E-state index in [-0.39, 0.29) is 12.2 Å². The number of hydrogen-bond acceptors (Lipinski definition) is 5. The molecule has 0 atom stereocenters. The number of nitrogens with one attached hydrogen (secondary N) is 1. The molecule has 156 valence electrons. The predicted molar refractivity (Wildman–Crippen MR) is 121 cm³/mol. The number of nitrogens with zero attached hydrogens (tertiary/aromatic N) is 3. The zero-order valence-corrected chi connectivity index (χ0v) is 17.5. The molecule has 3 heterocycles. The number of ether oxygens (including phenoxy) is 1. The van der Waals surface area contributed by atoms with Crippen LogP contribution in [-0.2, 0) is 13.2 Å². The molecule has 1 N–H and O–H groups in total. The Morgan fingerprint density at radius 3 is 2.71 bits per heavy atom. The van der Waals surface area contributed by atoms with Crippen molar-refractivity contribution in [3.63, 3.8) is 0 Å². The monoisotopic (exact) mass is 432 g/mol. The molecule has 1 fully saturated rings. The summed E-state index contributed by atoms with van der Waals surface area (Å²) in [6.45, 7) is 1.05. The van der Waals surface area contributed by atoms with Gasteiger partial charge in [-0.05, 0) is 55.3 Å². The van der Waals surface area contributed by atoms with E-state index in [1.807, 2.05) is 24.3 Å². The van der Waals surface area contributed by atoms with Gasteiger partial charge >= 0.3 is 0 Å². The van der Waals surface area contributed by atoms with Crippen molar-refractivity contribution < 1.29 is 4.74 Å². The molecule has 31 heavy (non-hydrogen) atoms. The van der Waals surface area contributed by atoms with E-state index in [2.05, 4.69) is 16.4 Å². The van der Waals surface area contributed by atoms with Crippen molar-refractivity contribution in [2.75, 3.05) is 0 Å². The molecule has 0 unspecified atom stereocenters. The summed E-state index contributed by atoms with van der Waals surface area (Å²) >= 11 is 5.84. The summed E-state index contributed by atoms with van der Waals surface area (Å²) < 4.78 is 7.29. The molecule has 1 aliphatic carbocycles. The third-order valence-corrected chi connectivity index (χ3v) is 5.45. The fourth-order valence-electron chi connectivity index (χ4n) is 3.35. The van der Waals surface area contributed by atoms with Crippen LogP contribution in [0.15, 0.2) is 71.8 Å². The molecule has 0 aliphatic heterocycles. The van der Waals surface area contributed by atoms with Gasteiger partial charge in [0.15, 0.2) is 0 Å². The van der Waals surface area contributed by atoms with Gasteiger partial charge in [-0.15, -0.1) is 0 Å². The van der Waals surface area contributed by atoms with Crippen LogP contribution in [0.3, 0.4) is 0 Å². The lowest BCUT2D eigenvalue weighted by Crippen LogP contribution is -2.17. The molecule has 3 aromatic heterocycles. The van der Waals surface area contributed by atoms with Crippen molar-refractivity contribution in [3.05, 3.63) is 93.8 Å². The molecule has 1 aliphatic rings. The fourth-order valence-corrected chi connectivity index (χ4v) is 3.46. The number of benzene rings is 1. The van der Waals surface area contributed by atoms with Crippen molar-refractivity contribution in [3.8, 4) is 11.4 Å². The molecule has 7 heteroatoms. The molecular weight excluding hydrogens is 412 g/mol. The van der Waals surface area contributed by atoms with Gasteiger partial charge in [-0.3, -0.25) is 19.3 Å². The normalized spacial score (nSPS) is 13.5. The lowest BCUT2D eigenvalue weighted by Gasteiger charge is -2.10. The van der Waals surface area contributed by atoms with Gasteiger partial charge in [0.2, 0.25) is 0 Å². The number of aromatic nitrogens is 3. The lowest BCUT2D eigenvalue weighted by atomic mass is 10.1. The maximum Gasteiger partial charge on any atom is 0.258 e. The Hall–Kier alpha value is -3.22. The third-order valence-electron chi connectivity index (χ3n) is 5.22. The number of fused-ring (bicyclic) bond motifs is 1. The summed E-state index contributed by atoms with van der Waals surface area (Å²) in [5.41, 5.74) is 3.30. The van der Waals surface area contributed by atoms with Crippen LogP contribution in [0.2, 0.25) is 5.02 Å². The van der Waals surface area contributed by atoms with Crippen LogP contribution < -0.4 is 15.6 Å². The van der Waals surface area contributed by atoms with Crippen LogP contribution in [0.4, 0.5) is 0 Å². The van der Waals surface area contributed by atoms with Crippen LogP contribution in [0.1, 0.15) is 24.2 Å². The van der Waals surface area contributed by atoms with Gasteiger partial charge < -0.3 is 10.1 Å². The molecule has 0 bridgehead atoms. The summed E-state index contributed by atoms with van der Waals surface area (Å²) in [5.74, 6) is 0.494. The summed E-state index contributed by atoms with van der Waals surface area (Å²) in [6, 6.07) is 17.4. The van der Waals surface area contributed by atoms with Crippen LogP contribution in [0.5, 0.6) is 5.75 Å². The fraction of sp³-hybridized carbons (Fsp3) is 0.208. The zero-order valence-electron chi connectivity index (χ0n) is 16.8.